The Hall–Kier alpha value is -4.90. The maximum absolute atomic E-state index is 13.2. The van der Waals surface area contributed by atoms with E-state index in [1.54, 1.807) is 24.3 Å². The number of pyridine rings is 1. The van der Waals surface area contributed by atoms with Gasteiger partial charge in [-0.25, -0.2) is 18.7 Å². The summed E-state index contributed by atoms with van der Waals surface area (Å²) < 4.78 is 67.1. The first-order valence-electron chi connectivity index (χ1n) is 11.8. The van der Waals surface area contributed by atoms with Gasteiger partial charge in [0.15, 0.2) is 0 Å². The zero-order valence-electron chi connectivity index (χ0n) is 21.8. The second-order valence-corrected chi connectivity index (χ2v) is 10.6. The Balaban J connectivity index is 2.03. The molecule has 224 valence electrons. The lowest BCUT2D eigenvalue weighted by atomic mass is 9.82. The van der Waals surface area contributed by atoms with Crippen LogP contribution in [0.1, 0.15) is 19.0 Å². The molecule has 1 atom stereocenters. The van der Waals surface area contributed by atoms with Crippen LogP contribution in [0.4, 0.5) is 18.9 Å². The number of hydrogen-bond donors (Lipinski definition) is 5. The van der Waals surface area contributed by atoms with Crippen molar-refractivity contribution in [1.82, 2.24) is 10.2 Å². The molecule has 3 aromatic rings. The van der Waals surface area contributed by atoms with Crippen molar-refractivity contribution in [3.63, 3.8) is 0 Å². The Bertz CT molecular complexity index is 1650. The minimum atomic E-state index is -5.57. The molecular weight excluding hydrogens is 585 g/mol. The van der Waals surface area contributed by atoms with Crippen molar-refractivity contribution < 1.29 is 40.9 Å². The smallest absolute Gasteiger partial charge is 0.369 e. The molecule has 2 aromatic carbocycles. The highest BCUT2D eigenvalue weighted by atomic mass is 32.2. The summed E-state index contributed by atoms with van der Waals surface area (Å²) in [5.41, 5.74) is 9.05. The number of benzene rings is 2. The largest absolute Gasteiger partial charge is 0.493 e. The zero-order chi connectivity index (χ0) is 31.3. The second kappa shape index (κ2) is 12.3. The number of hydrogen-bond acceptors (Lipinski definition) is 8. The van der Waals surface area contributed by atoms with Gasteiger partial charge in [-0.2, -0.15) is 13.2 Å². The molecule has 7 N–H and O–H groups in total. The first kappa shape index (κ1) is 31.6. The molecule has 0 saturated carbocycles. The molecule has 0 spiro atoms. The number of nitrogens with zero attached hydrogens (tertiary/aromatic N) is 1. The van der Waals surface area contributed by atoms with Gasteiger partial charge in [0, 0.05) is 0 Å². The van der Waals surface area contributed by atoms with Crippen LogP contribution >= 0.6 is 0 Å². The maximum Gasteiger partial charge on any atom is 0.493 e. The molecule has 13 nitrogen and oxygen atoms in total. The number of carbonyl (C=O) groups excluding carboxylic acids is 2. The Labute approximate surface area is 236 Å². The molecule has 1 amide bonds. The quantitative estimate of drug-likeness (QED) is 0.0918. The minimum Gasteiger partial charge on any atom is -0.369 e. The summed E-state index contributed by atoms with van der Waals surface area (Å²) in [6, 6.07) is 16.3. The molecule has 1 heterocycles. The molecule has 0 aliphatic rings. The van der Waals surface area contributed by atoms with Crippen LogP contribution in [0.3, 0.4) is 0 Å². The highest BCUT2D eigenvalue weighted by Gasteiger charge is 2.44. The van der Waals surface area contributed by atoms with Crippen molar-refractivity contribution in [2.45, 2.75) is 29.8 Å². The average molecular weight is 611 g/mol. The number of anilines is 1. The molecule has 0 saturated heterocycles. The van der Waals surface area contributed by atoms with Crippen LogP contribution in [0.15, 0.2) is 76.4 Å². The third kappa shape index (κ3) is 7.24. The van der Waals surface area contributed by atoms with E-state index in [0.717, 1.165) is 24.6 Å². The van der Waals surface area contributed by atoms with Gasteiger partial charge in [-0.3, -0.25) is 24.6 Å². The fourth-order valence-corrected chi connectivity index (χ4v) is 4.71. The number of nitrogens with one attached hydrogen (secondary N) is 3. The van der Waals surface area contributed by atoms with Gasteiger partial charge in [0.05, 0.1) is 22.6 Å². The average Bonchev–Trinajstić information content (AvgIpc) is 2.93. The Morgan fingerprint density at radius 1 is 0.976 bits per heavy atom. The van der Waals surface area contributed by atoms with Crippen LogP contribution in [-0.2, 0) is 29.9 Å². The fourth-order valence-electron chi connectivity index (χ4n) is 3.65. The van der Waals surface area contributed by atoms with Gasteiger partial charge >= 0.3 is 17.7 Å². The van der Waals surface area contributed by atoms with Crippen LogP contribution in [0.25, 0.3) is 11.1 Å². The van der Waals surface area contributed by atoms with E-state index in [1.165, 1.54) is 24.3 Å². The van der Waals surface area contributed by atoms with E-state index in [-0.39, 0.29) is 9.63 Å². The third-order valence-corrected chi connectivity index (χ3v) is 7.34. The van der Waals surface area contributed by atoms with Gasteiger partial charge in [-0.05, 0) is 48.7 Å². The van der Waals surface area contributed by atoms with Gasteiger partial charge < -0.3 is 16.3 Å². The van der Waals surface area contributed by atoms with Crippen molar-refractivity contribution in [3.8, 4) is 11.1 Å². The van der Waals surface area contributed by atoms with Crippen LogP contribution in [0.5, 0.6) is 0 Å². The first-order chi connectivity index (χ1) is 19.6. The van der Waals surface area contributed by atoms with Crippen LogP contribution in [0, 0.1) is 5.41 Å². The van der Waals surface area contributed by atoms with Crippen LogP contribution in [-0.4, -0.2) is 43.8 Å². The van der Waals surface area contributed by atoms with Gasteiger partial charge in [-0.15, -0.1) is 4.73 Å². The molecule has 1 aromatic heterocycles. The van der Waals surface area contributed by atoms with Crippen molar-refractivity contribution in [1.29, 1.82) is 5.41 Å². The molecule has 0 bridgehead atoms. The summed E-state index contributed by atoms with van der Waals surface area (Å²) in [5, 5.41) is 7.07. The van der Waals surface area contributed by atoms with E-state index < -0.39 is 69.4 Å². The number of hydroxylamine groups is 1. The van der Waals surface area contributed by atoms with E-state index in [9.17, 15) is 36.0 Å². The maximum atomic E-state index is 13.2. The number of primary amides is 1. The molecule has 0 aliphatic heterocycles. The van der Waals surface area contributed by atoms with Crippen molar-refractivity contribution in [3.05, 3.63) is 82.8 Å². The SMILES string of the molecule is CC(CCONC(=N)N)(C(N)=O)c1ccc(NS(=O)(=O)c2ccc(-c3ccccc3)cc2)c(=O)n1OC(=O)C(F)(F)F. The number of sulfonamides is 1. The molecule has 42 heavy (non-hydrogen) atoms. The third-order valence-electron chi connectivity index (χ3n) is 5.96. The molecule has 1 unspecified atom stereocenters. The predicted octanol–water partition coefficient (Wildman–Crippen LogP) is 1.38. The predicted molar refractivity (Wildman–Crippen MR) is 143 cm³/mol. The molecule has 17 heteroatoms. The van der Waals surface area contributed by atoms with E-state index in [1.807, 2.05) is 16.3 Å². The minimum absolute atomic E-state index is 0.157. The number of alkyl halides is 3. The lowest BCUT2D eigenvalue weighted by Crippen LogP contribution is -2.48. The van der Waals surface area contributed by atoms with E-state index in [0.29, 0.717) is 5.56 Å². The number of amides is 1. The van der Waals surface area contributed by atoms with Gasteiger partial charge in [0.25, 0.3) is 10.0 Å². The number of nitrogens with two attached hydrogens (primary N) is 2. The Morgan fingerprint density at radius 2 is 1.57 bits per heavy atom. The number of guanidine groups is 1. The number of aromatic nitrogens is 1. The molecule has 0 fully saturated rings. The fraction of sp³-hybridized carbons (Fsp3) is 0.200. The molecule has 3 rings (SSSR count). The lowest BCUT2D eigenvalue weighted by molar-refractivity contribution is -0.200. The van der Waals surface area contributed by atoms with E-state index in [4.69, 9.17) is 21.7 Å². The molecule has 0 aliphatic carbocycles. The van der Waals surface area contributed by atoms with E-state index in [2.05, 4.69) is 4.84 Å². The standard InChI is InChI=1S/C25H25F3N6O7S/c1-24(21(29)36,13-14-40-32-23(30)31)19-12-11-18(20(35)34(19)41-22(37)25(26,27)28)33-42(38,39)17-9-7-16(8-10-17)15-5-3-2-4-6-15/h2-12,33H,13-14H2,1H3,(H2,29,36)(H4,30,31,32). The Morgan fingerprint density at radius 3 is 2.12 bits per heavy atom. The summed E-state index contributed by atoms with van der Waals surface area (Å²) >= 11 is 0. The Kier molecular flexibility index (Phi) is 9.27. The first-order valence-corrected chi connectivity index (χ1v) is 13.3. The van der Waals surface area contributed by atoms with Gasteiger partial charge in [0.1, 0.15) is 5.69 Å². The number of rotatable bonds is 11. The van der Waals surface area contributed by atoms with Crippen molar-refractivity contribution in [2.24, 2.45) is 11.5 Å². The number of halogens is 3. The summed E-state index contributed by atoms with van der Waals surface area (Å²) in [5.74, 6) is -4.60. The highest BCUT2D eigenvalue weighted by molar-refractivity contribution is 7.92. The zero-order valence-corrected chi connectivity index (χ0v) is 22.6. The van der Waals surface area contributed by atoms with E-state index >= 15 is 0 Å². The van der Waals surface area contributed by atoms with Crippen molar-refractivity contribution in [2.75, 3.05) is 11.3 Å². The number of carbonyl (C=O) groups is 2. The highest BCUT2D eigenvalue weighted by Crippen LogP contribution is 2.28. The monoisotopic (exact) mass is 610 g/mol. The topological polar surface area (TPSA) is 209 Å². The summed E-state index contributed by atoms with van der Waals surface area (Å²) in [7, 11) is -4.48. The summed E-state index contributed by atoms with van der Waals surface area (Å²) in [4.78, 5) is 46.2. The summed E-state index contributed by atoms with van der Waals surface area (Å²) in [6.45, 7) is 0.713. The lowest BCUT2D eigenvalue weighted by Gasteiger charge is -2.28. The molecular formula is C25H25F3N6O7S. The van der Waals surface area contributed by atoms with Gasteiger partial charge in [0.2, 0.25) is 11.9 Å². The second-order valence-electron chi connectivity index (χ2n) is 8.91. The van der Waals surface area contributed by atoms with Crippen LogP contribution < -0.4 is 32.1 Å². The summed E-state index contributed by atoms with van der Waals surface area (Å²) in [6.07, 6.45) is -5.98. The van der Waals surface area contributed by atoms with Gasteiger partial charge in [-0.1, -0.05) is 42.5 Å². The van der Waals surface area contributed by atoms with Crippen LogP contribution in [0.2, 0.25) is 0 Å². The van der Waals surface area contributed by atoms with Crippen molar-refractivity contribution >= 4 is 33.5 Å². The molecule has 0 radical (unpaired) electrons. The normalized spacial score (nSPS) is 13.0.